The van der Waals surface area contributed by atoms with Crippen molar-refractivity contribution in [2.75, 3.05) is 0 Å². The van der Waals surface area contributed by atoms with Crippen LogP contribution in [-0.2, 0) is 0 Å². The third-order valence-electron chi connectivity index (χ3n) is 1.50. The highest BCUT2D eigenvalue weighted by Gasteiger charge is 2.07. The van der Waals surface area contributed by atoms with Crippen molar-refractivity contribution in [3.8, 4) is 0 Å². The second kappa shape index (κ2) is 3.08. The van der Waals surface area contributed by atoms with Crippen molar-refractivity contribution in [1.82, 2.24) is 0 Å². The van der Waals surface area contributed by atoms with Crippen molar-refractivity contribution < 1.29 is 4.92 Å². The summed E-state index contributed by atoms with van der Waals surface area (Å²) in [6.07, 6.45) is 0. The van der Waals surface area contributed by atoms with Crippen LogP contribution in [0, 0.1) is 21.9 Å². The molecule has 0 saturated carbocycles. The number of non-ortho nitro benzene ring substituents is 1. The Kier molecular flexibility index (Phi) is 2.14. The van der Waals surface area contributed by atoms with Crippen LogP contribution in [0.2, 0.25) is 0 Å². The predicted molar refractivity (Wildman–Crippen MR) is 43.3 cm³/mol. The van der Waals surface area contributed by atoms with Crippen molar-refractivity contribution in [2.45, 2.75) is 6.92 Å². The topological polar surface area (TPSA) is 72.6 Å². The molecular weight excluding hydrogens is 160 g/mol. The zero-order chi connectivity index (χ0) is 9.14. The standard InChI is InChI=1S/C7H6N2O3/c1-5-2-3-6(9(11)12)4-7(5)8-10/h2-4H,1H3. The summed E-state index contributed by atoms with van der Waals surface area (Å²) < 4.78 is 0. The zero-order valence-electron chi connectivity index (χ0n) is 6.35. The Morgan fingerprint density at radius 3 is 2.67 bits per heavy atom. The maximum atomic E-state index is 10.2. The lowest BCUT2D eigenvalue weighted by molar-refractivity contribution is -0.384. The number of nitro groups is 1. The summed E-state index contributed by atoms with van der Waals surface area (Å²) in [6.45, 7) is 1.67. The lowest BCUT2D eigenvalue weighted by atomic mass is 10.2. The molecule has 1 aromatic rings. The molecule has 12 heavy (non-hydrogen) atoms. The number of benzene rings is 1. The van der Waals surface area contributed by atoms with Gasteiger partial charge < -0.3 is 0 Å². The van der Waals surface area contributed by atoms with Gasteiger partial charge in [0.25, 0.3) is 5.69 Å². The van der Waals surface area contributed by atoms with Gasteiger partial charge in [0.15, 0.2) is 0 Å². The maximum Gasteiger partial charge on any atom is 0.271 e. The van der Waals surface area contributed by atoms with Gasteiger partial charge in [0.2, 0.25) is 0 Å². The summed E-state index contributed by atoms with van der Waals surface area (Å²) in [4.78, 5) is 19.8. The van der Waals surface area contributed by atoms with Gasteiger partial charge in [-0.1, -0.05) is 6.07 Å². The number of aryl methyl sites for hydroxylation is 1. The van der Waals surface area contributed by atoms with Crippen LogP contribution in [0.4, 0.5) is 11.4 Å². The van der Waals surface area contributed by atoms with Crippen molar-refractivity contribution >= 4 is 11.4 Å². The SMILES string of the molecule is Cc1ccc([N+](=O)[O-])cc1N=O. The van der Waals surface area contributed by atoms with Gasteiger partial charge in [0, 0.05) is 12.1 Å². The van der Waals surface area contributed by atoms with E-state index in [1.165, 1.54) is 12.1 Å². The fourth-order valence-electron chi connectivity index (χ4n) is 0.810. The summed E-state index contributed by atoms with van der Waals surface area (Å²) >= 11 is 0. The molecule has 0 fully saturated rings. The number of nitroso groups, excluding NO2 is 1. The molecule has 0 amide bonds. The fourth-order valence-corrected chi connectivity index (χ4v) is 0.810. The molecule has 0 atom stereocenters. The Balaban J connectivity index is 3.22. The first-order chi connectivity index (χ1) is 5.65. The van der Waals surface area contributed by atoms with E-state index in [9.17, 15) is 15.0 Å². The second-order valence-electron chi connectivity index (χ2n) is 2.32. The maximum absolute atomic E-state index is 10.2. The van der Waals surface area contributed by atoms with Gasteiger partial charge in [0.05, 0.1) is 4.92 Å². The summed E-state index contributed by atoms with van der Waals surface area (Å²) in [6, 6.07) is 3.99. The van der Waals surface area contributed by atoms with Crippen LogP contribution in [-0.4, -0.2) is 4.92 Å². The number of nitrogens with zero attached hydrogens (tertiary/aromatic N) is 2. The smallest absolute Gasteiger partial charge is 0.258 e. The molecule has 0 heterocycles. The van der Waals surface area contributed by atoms with E-state index in [2.05, 4.69) is 5.18 Å². The molecule has 0 bridgehead atoms. The lowest BCUT2D eigenvalue weighted by Crippen LogP contribution is -1.87. The molecule has 0 aliphatic heterocycles. The second-order valence-corrected chi connectivity index (χ2v) is 2.32. The molecule has 0 unspecified atom stereocenters. The highest BCUT2D eigenvalue weighted by Crippen LogP contribution is 2.23. The quantitative estimate of drug-likeness (QED) is 0.384. The molecule has 0 aliphatic rings. The van der Waals surface area contributed by atoms with E-state index in [1.807, 2.05) is 0 Å². The summed E-state index contributed by atoms with van der Waals surface area (Å²) in [5.74, 6) is 0. The van der Waals surface area contributed by atoms with Crippen molar-refractivity contribution in [1.29, 1.82) is 0 Å². The third kappa shape index (κ3) is 1.45. The molecule has 62 valence electrons. The average Bonchev–Trinajstić information content (AvgIpc) is 2.05. The molecule has 0 saturated heterocycles. The van der Waals surface area contributed by atoms with Gasteiger partial charge in [-0.05, 0) is 17.7 Å². The first-order valence-corrected chi connectivity index (χ1v) is 3.23. The van der Waals surface area contributed by atoms with Crippen molar-refractivity contribution in [2.24, 2.45) is 5.18 Å². The van der Waals surface area contributed by atoms with Gasteiger partial charge in [0.1, 0.15) is 5.69 Å². The molecular formula is C7H6N2O3. The first kappa shape index (κ1) is 8.32. The van der Waals surface area contributed by atoms with Gasteiger partial charge in [-0.2, -0.15) is 0 Å². The third-order valence-corrected chi connectivity index (χ3v) is 1.50. The van der Waals surface area contributed by atoms with Crippen LogP contribution in [0.5, 0.6) is 0 Å². The number of hydrogen-bond donors (Lipinski definition) is 0. The fraction of sp³-hybridized carbons (Fsp3) is 0.143. The molecule has 0 N–H and O–H groups in total. The van der Waals surface area contributed by atoms with Crippen LogP contribution in [0.15, 0.2) is 23.4 Å². The monoisotopic (exact) mass is 166 g/mol. The van der Waals surface area contributed by atoms with Crippen LogP contribution >= 0.6 is 0 Å². The molecule has 0 aliphatic carbocycles. The van der Waals surface area contributed by atoms with E-state index in [-0.39, 0.29) is 11.4 Å². The van der Waals surface area contributed by atoms with E-state index in [0.717, 1.165) is 6.07 Å². The van der Waals surface area contributed by atoms with E-state index in [1.54, 1.807) is 6.92 Å². The molecule has 5 heteroatoms. The van der Waals surface area contributed by atoms with Crippen LogP contribution < -0.4 is 0 Å². The first-order valence-electron chi connectivity index (χ1n) is 3.23. The predicted octanol–water partition coefficient (Wildman–Crippen LogP) is 2.30. The highest BCUT2D eigenvalue weighted by atomic mass is 16.6. The Bertz CT molecular complexity index is 335. The Labute approximate surface area is 68.1 Å². The average molecular weight is 166 g/mol. The van der Waals surface area contributed by atoms with E-state index < -0.39 is 4.92 Å². The van der Waals surface area contributed by atoms with Crippen molar-refractivity contribution in [3.63, 3.8) is 0 Å². The number of rotatable bonds is 2. The molecule has 0 aromatic heterocycles. The van der Waals surface area contributed by atoms with Gasteiger partial charge in [-0.15, -0.1) is 4.91 Å². The highest BCUT2D eigenvalue weighted by molar-refractivity contribution is 5.52. The number of hydrogen-bond acceptors (Lipinski definition) is 4. The summed E-state index contributed by atoms with van der Waals surface area (Å²) in [5, 5.41) is 12.9. The van der Waals surface area contributed by atoms with E-state index in [0.29, 0.717) is 5.56 Å². The summed E-state index contributed by atoms with van der Waals surface area (Å²) in [7, 11) is 0. The molecule has 0 radical (unpaired) electrons. The molecule has 0 spiro atoms. The minimum atomic E-state index is -0.561. The normalized spacial score (nSPS) is 9.42. The molecule has 1 rings (SSSR count). The Morgan fingerprint density at radius 2 is 2.17 bits per heavy atom. The minimum Gasteiger partial charge on any atom is -0.258 e. The largest absolute Gasteiger partial charge is 0.271 e. The summed E-state index contributed by atoms with van der Waals surface area (Å²) in [5.41, 5.74) is 0.634. The lowest BCUT2D eigenvalue weighted by Gasteiger charge is -1.94. The van der Waals surface area contributed by atoms with E-state index >= 15 is 0 Å². The van der Waals surface area contributed by atoms with Crippen LogP contribution in [0.25, 0.3) is 0 Å². The van der Waals surface area contributed by atoms with Crippen molar-refractivity contribution in [3.05, 3.63) is 38.8 Å². The van der Waals surface area contributed by atoms with Gasteiger partial charge in [-0.3, -0.25) is 10.1 Å². The van der Waals surface area contributed by atoms with E-state index in [4.69, 9.17) is 0 Å². The number of nitro benzene ring substituents is 1. The van der Waals surface area contributed by atoms with Crippen LogP contribution in [0.1, 0.15) is 5.56 Å². The van der Waals surface area contributed by atoms with Gasteiger partial charge in [-0.25, -0.2) is 0 Å². The Hall–Kier alpha value is -1.78. The minimum absolute atomic E-state index is 0.115. The zero-order valence-corrected chi connectivity index (χ0v) is 6.35. The molecule has 5 nitrogen and oxygen atoms in total. The van der Waals surface area contributed by atoms with Crippen LogP contribution in [0.3, 0.4) is 0 Å². The van der Waals surface area contributed by atoms with Gasteiger partial charge >= 0.3 is 0 Å². The Morgan fingerprint density at radius 1 is 1.50 bits per heavy atom. The molecule has 1 aromatic carbocycles.